The highest BCUT2D eigenvalue weighted by atomic mass is 16.4. The number of amides is 1. The highest BCUT2D eigenvalue weighted by Gasteiger charge is 2.11. The lowest BCUT2D eigenvalue weighted by molar-refractivity contribution is 0.0696. The second kappa shape index (κ2) is 6.72. The number of fused-ring (bicyclic) bond motifs is 1. The van der Waals surface area contributed by atoms with Crippen molar-refractivity contribution in [2.75, 3.05) is 0 Å². The van der Waals surface area contributed by atoms with Crippen LogP contribution in [-0.4, -0.2) is 31.7 Å². The zero-order valence-electron chi connectivity index (χ0n) is 13.9. The number of carbonyl (C=O) groups is 2. The largest absolute Gasteiger partial charge is 0.478 e. The van der Waals surface area contributed by atoms with Crippen LogP contribution in [0.1, 0.15) is 46.2 Å². The molecule has 2 aromatic heterocycles. The smallest absolute Gasteiger partial charge is 0.335 e. The molecule has 0 aliphatic heterocycles. The number of aromatic nitrogens is 3. The molecule has 7 nitrogen and oxygen atoms in total. The Morgan fingerprint density at radius 3 is 2.52 bits per heavy atom. The normalized spacial score (nSPS) is 11.0. The summed E-state index contributed by atoms with van der Waals surface area (Å²) < 4.78 is 1.81. The fourth-order valence-corrected chi connectivity index (χ4v) is 2.49. The number of pyridine rings is 1. The van der Waals surface area contributed by atoms with Crippen LogP contribution in [-0.2, 0) is 6.54 Å². The molecule has 0 aliphatic rings. The second-order valence-corrected chi connectivity index (χ2v) is 6.00. The maximum Gasteiger partial charge on any atom is 0.335 e. The van der Waals surface area contributed by atoms with Crippen molar-refractivity contribution in [3.63, 3.8) is 0 Å². The Hall–Kier alpha value is -3.22. The van der Waals surface area contributed by atoms with Crippen molar-refractivity contribution in [3.8, 4) is 0 Å². The maximum atomic E-state index is 12.3. The zero-order valence-corrected chi connectivity index (χ0v) is 13.9. The Kier molecular flexibility index (Phi) is 4.47. The highest BCUT2D eigenvalue weighted by molar-refractivity contribution is 5.96. The average molecular weight is 338 g/mol. The number of hydrogen-bond donors (Lipinski definition) is 2. The van der Waals surface area contributed by atoms with E-state index < -0.39 is 5.97 Å². The van der Waals surface area contributed by atoms with Gasteiger partial charge in [-0.05, 0) is 37.6 Å². The molecule has 2 heterocycles. The summed E-state index contributed by atoms with van der Waals surface area (Å²) in [5.41, 5.74) is 2.24. The third-order valence-electron chi connectivity index (χ3n) is 3.84. The van der Waals surface area contributed by atoms with Crippen LogP contribution in [0.25, 0.3) is 11.0 Å². The third-order valence-corrected chi connectivity index (χ3v) is 3.84. The van der Waals surface area contributed by atoms with Crippen molar-refractivity contribution in [3.05, 3.63) is 59.4 Å². The molecule has 2 N–H and O–H groups in total. The Labute approximate surface area is 144 Å². The van der Waals surface area contributed by atoms with E-state index in [4.69, 9.17) is 5.11 Å². The number of aromatic carboxylic acids is 1. The molecule has 0 bridgehead atoms. The number of rotatable bonds is 5. The highest BCUT2D eigenvalue weighted by Crippen LogP contribution is 2.16. The van der Waals surface area contributed by atoms with Gasteiger partial charge in [-0.25, -0.2) is 14.5 Å². The molecule has 0 atom stereocenters. The molecule has 0 unspecified atom stereocenters. The number of carbonyl (C=O) groups excluding carboxylic acids is 1. The van der Waals surface area contributed by atoms with Crippen LogP contribution in [0.15, 0.2) is 42.7 Å². The molecular weight excluding hydrogens is 320 g/mol. The molecule has 128 valence electrons. The van der Waals surface area contributed by atoms with E-state index in [1.165, 1.54) is 18.3 Å². The van der Waals surface area contributed by atoms with Gasteiger partial charge in [-0.1, -0.05) is 12.1 Å². The zero-order chi connectivity index (χ0) is 18.0. The number of benzene rings is 1. The first-order chi connectivity index (χ1) is 12.0. The van der Waals surface area contributed by atoms with E-state index in [0.29, 0.717) is 12.1 Å². The quantitative estimate of drug-likeness (QED) is 0.745. The van der Waals surface area contributed by atoms with Gasteiger partial charge in [0.1, 0.15) is 0 Å². The Morgan fingerprint density at radius 2 is 1.88 bits per heavy atom. The fraction of sp³-hybridized carbons (Fsp3) is 0.222. The van der Waals surface area contributed by atoms with E-state index in [1.54, 1.807) is 29.1 Å². The molecule has 0 aliphatic carbocycles. The number of carboxylic acid groups (broad SMARTS) is 1. The van der Waals surface area contributed by atoms with Gasteiger partial charge in [0.2, 0.25) is 0 Å². The summed E-state index contributed by atoms with van der Waals surface area (Å²) in [6, 6.07) is 8.33. The van der Waals surface area contributed by atoms with Crippen molar-refractivity contribution in [2.24, 2.45) is 0 Å². The van der Waals surface area contributed by atoms with Gasteiger partial charge in [0.15, 0.2) is 5.65 Å². The molecule has 1 amide bonds. The Bertz CT molecular complexity index is 929. The van der Waals surface area contributed by atoms with Crippen molar-refractivity contribution in [1.82, 2.24) is 20.1 Å². The molecule has 0 fully saturated rings. The molecule has 1 aromatic carbocycles. The summed E-state index contributed by atoms with van der Waals surface area (Å²) in [5.74, 6) is -1.22. The monoisotopic (exact) mass is 338 g/mol. The van der Waals surface area contributed by atoms with Crippen LogP contribution in [0, 0.1) is 0 Å². The van der Waals surface area contributed by atoms with E-state index in [2.05, 4.69) is 15.4 Å². The van der Waals surface area contributed by atoms with Gasteiger partial charge in [-0.2, -0.15) is 5.10 Å². The van der Waals surface area contributed by atoms with Gasteiger partial charge in [-0.15, -0.1) is 0 Å². The van der Waals surface area contributed by atoms with Crippen LogP contribution in [0.4, 0.5) is 0 Å². The topological polar surface area (TPSA) is 97.1 Å². The molecule has 0 saturated carbocycles. The molecule has 0 spiro atoms. The number of hydrogen-bond acceptors (Lipinski definition) is 4. The number of nitrogens with zero attached hydrogens (tertiary/aromatic N) is 3. The van der Waals surface area contributed by atoms with Crippen molar-refractivity contribution >= 4 is 22.9 Å². The number of nitrogens with one attached hydrogen (secondary N) is 1. The number of carboxylic acids is 1. The third kappa shape index (κ3) is 3.50. The Morgan fingerprint density at radius 1 is 1.16 bits per heavy atom. The molecule has 0 radical (unpaired) electrons. The molecule has 25 heavy (non-hydrogen) atoms. The maximum absolute atomic E-state index is 12.3. The van der Waals surface area contributed by atoms with Crippen LogP contribution < -0.4 is 5.32 Å². The van der Waals surface area contributed by atoms with Crippen LogP contribution in [0.5, 0.6) is 0 Å². The Balaban J connectivity index is 1.70. The van der Waals surface area contributed by atoms with Gasteiger partial charge in [0.25, 0.3) is 5.91 Å². The van der Waals surface area contributed by atoms with Crippen molar-refractivity contribution in [2.45, 2.75) is 26.4 Å². The van der Waals surface area contributed by atoms with Crippen LogP contribution in [0.3, 0.4) is 0 Å². The lowest BCUT2D eigenvalue weighted by Gasteiger charge is -2.07. The standard InChI is InChI=1S/C18H18N4O3/c1-11(2)22-16-14(10-21-22)7-15(9-19-16)17(23)20-8-12-3-5-13(6-4-12)18(24)25/h3-7,9-11H,8H2,1-2H3,(H,20,23)(H,24,25). The van der Waals surface area contributed by atoms with Gasteiger partial charge < -0.3 is 10.4 Å². The summed E-state index contributed by atoms with van der Waals surface area (Å²) >= 11 is 0. The molecule has 3 aromatic rings. The van der Waals surface area contributed by atoms with Gasteiger partial charge in [-0.3, -0.25) is 4.79 Å². The molecular formula is C18H18N4O3. The van der Waals surface area contributed by atoms with Crippen LogP contribution >= 0.6 is 0 Å². The first kappa shape index (κ1) is 16.6. The minimum atomic E-state index is -0.975. The van der Waals surface area contributed by atoms with Crippen molar-refractivity contribution in [1.29, 1.82) is 0 Å². The van der Waals surface area contributed by atoms with Gasteiger partial charge in [0, 0.05) is 24.2 Å². The summed E-state index contributed by atoms with van der Waals surface area (Å²) in [6.07, 6.45) is 3.23. The van der Waals surface area contributed by atoms with Gasteiger partial charge >= 0.3 is 5.97 Å². The van der Waals surface area contributed by atoms with Crippen LogP contribution in [0.2, 0.25) is 0 Å². The van der Waals surface area contributed by atoms with E-state index in [0.717, 1.165) is 16.6 Å². The van der Waals surface area contributed by atoms with Gasteiger partial charge in [0.05, 0.1) is 17.3 Å². The first-order valence-electron chi connectivity index (χ1n) is 7.89. The molecule has 3 rings (SSSR count). The summed E-state index contributed by atoms with van der Waals surface area (Å²) in [4.78, 5) is 27.5. The minimum absolute atomic E-state index is 0.193. The molecule has 7 heteroatoms. The summed E-state index contributed by atoms with van der Waals surface area (Å²) in [7, 11) is 0. The lowest BCUT2D eigenvalue weighted by Crippen LogP contribution is -2.23. The fourth-order valence-electron chi connectivity index (χ4n) is 2.49. The predicted octanol–water partition coefficient (Wildman–Crippen LogP) is 2.64. The van der Waals surface area contributed by atoms with E-state index >= 15 is 0 Å². The SMILES string of the molecule is CC(C)n1ncc2cc(C(=O)NCc3ccc(C(=O)O)cc3)cnc21. The summed E-state index contributed by atoms with van der Waals surface area (Å²) in [6.45, 7) is 4.34. The second-order valence-electron chi connectivity index (χ2n) is 6.00. The van der Waals surface area contributed by atoms with Crippen molar-refractivity contribution < 1.29 is 14.7 Å². The van der Waals surface area contributed by atoms with E-state index in [9.17, 15) is 9.59 Å². The lowest BCUT2D eigenvalue weighted by atomic mass is 10.1. The molecule has 0 saturated heterocycles. The minimum Gasteiger partial charge on any atom is -0.478 e. The summed E-state index contributed by atoms with van der Waals surface area (Å²) in [5, 5.41) is 16.8. The average Bonchev–Trinajstić information content (AvgIpc) is 3.03. The van der Waals surface area contributed by atoms with E-state index in [1.807, 2.05) is 13.8 Å². The first-order valence-corrected chi connectivity index (χ1v) is 7.89. The van der Waals surface area contributed by atoms with E-state index in [-0.39, 0.29) is 17.5 Å². The predicted molar refractivity (Wildman–Crippen MR) is 92.5 cm³/mol.